The fourth-order valence-electron chi connectivity index (χ4n) is 5.33. The van der Waals surface area contributed by atoms with Crippen molar-refractivity contribution in [3.8, 4) is 0 Å². The molecular weight excluding hydrogens is 471 g/mol. The summed E-state index contributed by atoms with van der Waals surface area (Å²) in [5.41, 5.74) is 4.63. The van der Waals surface area contributed by atoms with Gasteiger partial charge in [-0.15, -0.1) is 5.10 Å². The van der Waals surface area contributed by atoms with Crippen LogP contribution >= 0.6 is 0 Å². The monoisotopic (exact) mass is 504 g/mol. The molecule has 1 N–H and O–H groups in total. The second-order valence-corrected chi connectivity index (χ2v) is 9.98. The van der Waals surface area contributed by atoms with Gasteiger partial charge in [-0.2, -0.15) is 0 Å². The molecule has 1 aliphatic rings. The summed E-state index contributed by atoms with van der Waals surface area (Å²) in [6.45, 7) is 8.51. The summed E-state index contributed by atoms with van der Waals surface area (Å²) in [5, 5.41) is 13.6. The van der Waals surface area contributed by atoms with E-state index in [-0.39, 0.29) is 23.5 Å². The molecule has 0 saturated carbocycles. The van der Waals surface area contributed by atoms with Crippen LogP contribution in [0.5, 0.6) is 0 Å². The van der Waals surface area contributed by atoms with E-state index in [9.17, 15) is 9.18 Å². The Hall–Kier alpha value is -3.43. The molecule has 0 spiro atoms. The molecule has 1 fully saturated rings. The first-order valence-electron chi connectivity index (χ1n) is 12.9. The fraction of sp³-hybridized carbons (Fsp3) is 0.429. The minimum absolute atomic E-state index is 0.0874. The summed E-state index contributed by atoms with van der Waals surface area (Å²) < 4.78 is 21.2. The van der Waals surface area contributed by atoms with Crippen molar-refractivity contribution in [3.05, 3.63) is 86.7 Å². The van der Waals surface area contributed by atoms with Crippen LogP contribution in [-0.4, -0.2) is 49.3 Å². The van der Waals surface area contributed by atoms with Gasteiger partial charge < -0.3 is 9.72 Å². The second-order valence-electron chi connectivity index (χ2n) is 9.98. The van der Waals surface area contributed by atoms with Crippen LogP contribution in [0.25, 0.3) is 10.9 Å². The van der Waals surface area contributed by atoms with Gasteiger partial charge in [0.1, 0.15) is 5.82 Å². The van der Waals surface area contributed by atoms with E-state index in [0.29, 0.717) is 31.0 Å². The zero-order chi connectivity index (χ0) is 25.9. The largest absolute Gasteiger partial charge is 0.377 e. The van der Waals surface area contributed by atoms with E-state index in [1.165, 1.54) is 12.1 Å². The first kappa shape index (κ1) is 25.2. The van der Waals surface area contributed by atoms with Crippen molar-refractivity contribution in [2.75, 3.05) is 13.2 Å². The lowest BCUT2D eigenvalue weighted by Gasteiger charge is -2.32. The van der Waals surface area contributed by atoms with E-state index in [1.807, 2.05) is 19.1 Å². The third-order valence-corrected chi connectivity index (χ3v) is 7.16. The number of aryl methyl sites for hydroxylation is 2. The van der Waals surface area contributed by atoms with Crippen LogP contribution in [0, 0.1) is 19.7 Å². The molecule has 9 heteroatoms. The number of halogens is 1. The van der Waals surface area contributed by atoms with Gasteiger partial charge in [0, 0.05) is 36.2 Å². The predicted molar refractivity (Wildman–Crippen MR) is 140 cm³/mol. The molecule has 2 atom stereocenters. The van der Waals surface area contributed by atoms with Crippen LogP contribution < -0.4 is 5.56 Å². The van der Waals surface area contributed by atoms with Gasteiger partial charge >= 0.3 is 0 Å². The molecule has 0 unspecified atom stereocenters. The van der Waals surface area contributed by atoms with Crippen LogP contribution in [0.1, 0.15) is 60.3 Å². The average molecular weight is 505 g/mol. The minimum atomic E-state index is -0.277. The third-order valence-electron chi connectivity index (χ3n) is 7.16. The minimum Gasteiger partial charge on any atom is -0.377 e. The summed E-state index contributed by atoms with van der Waals surface area (Å²) in [4.78, 5) is 18.5. The Labute approximate surface area is 215 Å². The Kier molecular flexibility index (Phi) is 7.43. The molecule has 1 aliphatic heterocycles. The number of fused-ring (bicyclic) bond motifs is 1. The first-order chi connectivity index (χ1) is 17.9. The van der Waals surface area contributed by atoms with Gasteiger partial charge in [-0.3, -0.25) is 9.69 Å². The molecule has 1 saturated heterocycles. The van der Waals surface area contributed by atoms with Gasteiger partial charge in [-0.05, 0) is 84.5 Å². The van der Waals surface area contributed by atoms with E-state index < -0.39 is 0 Å². The number of tetrazole rings is 1. The maximum absolute atomic E-state index is 13.4. The molecule has 5 rings (SSSR count). The summed E-state index contributed by atoms with van der Waals surface area (Å²) in [7, 11) is 0. The molecule has 0 aliphatic carbocycles. The first-order valence-corrected chi connectivity index (χ1v) is 12.9. The molecule has 2 aromatic heterocycles. The molecular formula is C28H33FN6O2. The number of hydrogen-bond acceptors (Lipinski definition) is 6. The summed E-state index contributed by atoms with van der Waals surface area (Å²) in [6.07, 6.45) is 2.87. The van der Waals surface area contributed by atoms with Gasteiger partial charge in [0.2, 0.25) is 0 Å². The third kappa shape index (κ3) is 5.62. The molecule has 0 amide bonds. The zero-order valence-corrected chi connectivity index (χ0v) is 21.6. The number of rotatable bonds is 9. The lowest BCUT2D eigenvalue weighted by Crippen LogP contribution is -2.37. The van der Waals surface area contributed by atoms with E-state index in [2.05, 4.69) is 45.3 Å². The molecule has 4 aromatic rings. The lowest BCUT2D eigenvalue weighted by atomic mass is 10.0. The molecule has 0 radical (unpaired) electrons. The Morgan fingerprint density at radius 1 is 1.22 bits per heavy atom. The standard InChI is InChI=1S/C28H33FN6O2/c1-4-26(27-31-32-33-35(27)15-20-7-9-22(29)10-8-20)34(17-23-6-5-11-37-23)16-21-14-24-19(3)12-18(2)13-25(24)30-28(21)36/h7-10,12-14,23,26H,4-6,11,15-17H2,1-3H3,(H,30,36)/t23-,26+/m1/s1. The maximum Gasteiger partial charge on any atom is 0.252 e. The zero-order valence-electron chi connectivity index (χ0n) is 21.6. The van der Waals surface area contributed by atoms with Crippen LogP contribution in [0.2, 0.25) is 0 Å². The number of aromatic nitrogens is 5. The van der Waals surface area contributed by atoms with Gasteiger partial charge in [-0.1, -0.05) is 25.1 Å². The Morgan fingerprint density at radius 2 is 2.03 bits per heavy atom. The van der Waals surface area contributed by atoms with Crippen molar-refractivity contribution < 1.29 is 9.13 Å². The molecule has 2 aromatic carbocycles. The molecule has 37 heavy (non-hydrogen) atoms. The van der Waals surface area contributed by atoms with E-state index in [0.717, 1.165) is 53.5 Å². The van der Waals surface area contributed by atoms with Crippen molar-refractivity contribution in [1.29, 1.82) is 0 Å². The Balaban J connectivity index is 1.49. The van der Waals surface area contributed by atoms with Crippen molar-refractivity contribution in [3.63, 3.8) is 0 Å². The highest BCUT2D eigenvalue weighted by molar-refractivity contribution is 5.83. The predicted octanol–water partition coefficient (Wildman–Crippen LogP) is 4.45. The SMILES string of the molecule is CC[C@@H](c1nnnn1Cc1ccc(F)cc1)N(Cc1cc2c(C)cc(C)cc2[nH]c1=O)C[C@H]1CCCO1. The lowest BCUT2D eigenvalue weighted by molar-refractivity contribution is 0.0489. The number of pyridine rings is 1. The van der Waals surface area contributed by atoms with Gasteiger partial charge in [0.25, 0.3) is 5.56 Å². The van der Waals surface area contributed by atoms with Crippen LogP contribution in [0.4, 0.5) is 4.39 Å². The summed E-state index contributed by atoms with van der Waals surface area (Å²) >= 11 is 0. The average Bonchev–Trinajstić information content (AvgIpc) is 3.54. The van der Waals surface area contributed by atoms with Crippen LogP contribution in [0.3, 0.4) is 0 Å². The Morgan fingerprint density at radius 3 is 2.76 bits per heavy atom. The topological polar surface area (TPSA) is 88.9 Å². The summed E-state index contributed by atoms with van der Waals surface area (Å²) in [6, 6.07) is 12.4. The fourth-order valence-corrected chi connectivity index (χ4v) is 5.33. The van der Waals surface area contributed by atoms with Crippen molar-refractivity contribution in [2.45, 2.75) is 65.3 Å². The highest BCUT2D eigenvalue weighted by Gasteiger charge is 2.29. The second kappa shape index (κ2) is 10.9. The smallest absolute Gasteiger partial charge is 0.252 e. The highest BCUT2D eigenvalue weighted by atomic mass is 19.1. The highest BCUT2D eigenvalue weighted by Crippen LogP contribution is 2.28. The van der Waals surface area contributed by atoms with Crippen LogP contribution in [-0.2, 0) is 17.8 Å². The molecule has 194 valence electrons. The maximum atomic E-state index is 13.4. The van der Waals surface area contributed by atoms with E-state index >= 15 is 0 Å². The van der Waals surface area contributed by atoms with Crippen molar-refractivity contribution >= 4 is 10.9 Å². The van der Waals surface area contributed by atoms with E-state index in [4.69, 9.17) is 4.74 Å². The molecule has 0 bridgehead atoms. The number of nitrogens with one attached hydrogen (secondary N) is 1. The number of aromatic amines is 1. The normalized spacial score (nSPS) is 16.6. The Bertz CT molecular complexity index is 1430. The van der Waals surface area contributed by atoms with Gasteiger partial charge in [0.05, 0.1) is 18.7 Å². The number of nitrogens with zero attached hydrogens (tertiary/aromatic N) is 5. The number of H-pyrrole nitrogens is 1. The molecule has 8 nitrogen and oxygen atoms in total. The molecule has 3 heterocycles. The quantitative estimate of drug-likeness (QED) is 0.362. The summed E-state index contributed by atoms with van der Waals surface area (Å²) in [5.74, 6) is 0.440. The number of ether oxygens (including phenoxy) is 1. The number of benzene rings is 2. The van der Waals surface area contributed by atoms with Crippen molar-refractivity contribution in [2.24, 2.45) is 0 Å². The van der Waals surface area contributed by atoms with Crippen LogP contribution in [0.15, 0.2) is 47.3 Å². The van der Waals surface area contributed by atoms with E-state index in [1.54, 1.807) is 16.8 Å². The van der Waals surface area contributed by atoms with Gasteiger partial charge in [0.15, 0.2) is 5.82 Å². The van der Waals surface area contributed by atoms with Crippen molar-refractivity contribution in [1.82, 2.24) is 30.1 Å². The van der Waals surface area contributed by atoms with Gasteiger partial charge in [-0.25, -0.2) is 9.07 Å². The number of hydrogen-bond donors (Lipinski definition) is 1.